The summed E-state index contributed by atoms with van der Waals surface area (Å²) in [6.07, 6.45) is 0.868. The number of carbonyl (C=O) groups excluding carboxylic acids is 1. The van der Waals surface area contributed by atoms with Crippen LogP contribution in [0, 0.1) is 0 Å². The van der Waals surface area contributed by atoms with Crippen molar-refractivity contribution >= 4 is 5.78 Å². The second-order valence-electron chi connectivity index (χ2n) is 4.75. The molecule has 0 saturated heterocycles. The molecule has 0 fully saturated rings. The highest BCUT2D eigenvalue weighted by Crippen LogP contribution is 2.18. The number of ether oxygens (including phenoxy) is 1. The molecule has 2 N–H and O–H groups in total. The number of hydrogen-bond acceptors (Lipinski definition) is 3. The first kappa shape index (κ1) is 14.3. The van der Waals surface area contributed by atoms with Crippen molar-refractivity contribution < 1.29 is 9.53 Å². The first-order chi connectivity index (χ1) is 9.70. The van der Waals surface area contributed by atoms with E-state index < -0.39 is 6.04 Å². The van der Waals surface area contributed by atoms with Gasteiger partial charge in [-0.2, -0.15) is 0 Å². The number of methoxy groups -OCH3 is 1. The smallest absolute Gasteiger partial charge is 0.154 e. The molecule has 0 amide bonds. The van der Waals surface area contributed by atoms with E-state index in [1.807, 2.05) is 54.6 Å². The van der Waals surface area contributed by atoms with Crippen LogP contribution in [0.2, 0.25) is 0 Å². The second-order valence-corrected chi connectivity index (χ2v) is 4.75. The monoisotopic (exact) mass is 269 g/mol. The van der Waals surface area contributed by atoms with Gasteiger partial charge in [0.1, 0.15) is 5.75 Å². The molecule has 0 spiro atoms. The van der Waals surface area contributed by atoms with E-state index in [9.17, 15) is 4.79 Å². The average molecular weight is 269 g/mol. The van der Waals surface area contributed by atoms with Crippen molar-refractivity contribution in [1.82, 2.24) is 0 Å². The van der Waals surface area contributed by atoms with Gasteiger partial charge in [-0.1, -0.05) is 48.5 Å². The summed E-state index contributed by atoms with van der Waals surface area (Å²) >= 11 is 0. The molecule has 0 radical (unpaired) electrons. The Hall–Kier alpha value is -2.13. The Balaban J connectivity index is 2.01. The van der Waals surface area contributed by atoms with Crippen LogP contribution in [0.3, 0.4) is 0 Å². The van der Waals surface area contributed by atoms with Gasteiger partial charge in [0.2, 0.25) is 0 Å². The van der Waals surface area contributed by atoms with Gasteiger partial charge in [-0.3, -0.25) is 4.79 Å². The Morgan fingerprint density at radius 3 is 2.45 bits per heavy atom. The summed E-state index contributed by atoms with van der Waals surface area (Å²) in [4.78, 5) is 12.2. The highest BCUT2D eigenvalue weighted by atomic mass is 16.5. The molecule has 20 heavy (non-hydrogen) atoms. The number of Topliss-reactive ketones (excluding diaryl/α,β-unsaturated/α-hetero) is 1. The molecule has 3 nitrogen and oxygen atoms in total. The lowest BCUT2D eigenvalue weighted by Gasteiger charge is -2.12. The largest absolute Gasteiger partial charge is 0.496 e. The van der Waals surface area contributed by atoms with Gasteiger partial charge in [-0.15, -0.1) is 0 Å². The highest BCUT2D eigenvalue weighted by molar-refractivity contribution is 5.86. The second kappa shape index (κ2) is 6.87. The summed E-state index contributed by atoms with van der Waals surface area (Å²) in [5, 5.41) is 0. The molecule has 2 aromatic rings. The standard InChI is InChI=1S/C17H19NO2/c1-20-17-10-6-5-9-14(17)12-16(19)15(18)11-13-7-3-2-4-8-13/h2-10,15H,11-12,18H2,1H3. The lowest BCUT2D eigenvalue weighted by molar-refractivity contribution is -0.119. The number of benzene rings is 2. The number of carbonyl (C=O) groups is 1. The Labute approximate surface area is 119 Å². The average Bonchev–Trinajstić information content (AvgIpc) is 2.48. The van der Waals surface area contributed by atoms with E-state index >= 15 is 0 Å². The van der Waals surface area contributed by atoms with E-state index in [2.05, 4.69) is 0 Å². The van der Waals surface area contributed by atoms with Gasteiger partial charge in [0.05, 0.1) is 13.2 Å². The molecule has 0 aromatic heterocycles. The SMILES string of the molecule is COc1ccccc1CC(=O)C(N)Cc1ccccc1. The van der Waals surface area contributed by atoms with E-state index in [0.717, 1.165) is 16.9 Å². The van der Waals surface area contributed by atoms with Gasteiger partial charge in [0.25, 0.3) is 0 Å². The van der Waals surface area contributed by atoms with Crippen LogP contribution in [0.1, 0.15) is 11.1 Å². The minimum Gasteiger partial charge on any atom is -0.496 e. The molecule has 2 rings (SSSR count). The minimum atomic E-state index is -0.484. The van der Waals surface area contributed by atoms with Crippen LogP contribution < -0.4 is 10.5 Å². The highest BCUT2D eigenvalue weighted by Gasteiger charge is 2.16. The van der Waals surface area contributed by atoms with Crippen LogP contribution in [-0.4, -0.2) is 18.9 Å². The summed E-state index contributed by atoms with van der Waals surface area (Å²) in [6, 6.07) is 16.9. The van der Waals surface area contributed by atoms with Gasteiger partial charge in [-0.25, -0.2) is 0 Å². The lowest BCUT2D eigenvalue weighted by atomic mass is 9.98. The fraction of sp³-hybridized carbons (Fsp3) is 0.235. The van der Waals surface area contributed by atoms with Crippen LogP contribution in [0.15, 0.2) is 54.6 Å². The Morgan fingerprint density at radius 1 is 1.10 bits per heavy atom. The first-order valence-corrected chi connectivity index (χ1v) is 6.65. The maximum Gasteiger partial charge on any atom is 0.154 e. The fourth-order valence-electron chi connectivity index (χ4n) is 2.15. The van der Waals surface area contributed by atoms with Crippen LogP contribution >= 0.6 is 0 Å². The predicted octanol–water partition coefficient (Wildman–Crippen LogP) is 2.38. The maximum atomic E-state index is 12.2. The van der Waals surface area contributed by atoms with Crippen molar-refractivity contribution in [2.24, 2.45) is 5.73 Å². The molecule has 104 valence electrons. The van der Waals surface area contributed by atoms with Crippen LogP contribution in [0.4, 0.5) is 0 Å². The summed E-state index contributed by atoms with van der Waals surface area (Å²) in [6.45, 7) is 0. The number of hydrogen-bond donors (Lipinski definition) is 1. The molecule has 2 aromatic carbocycles. The number of rotatable bonds is 6. The third kappa shape index (κ3) is 3.68. The first-order valence-electron chi connectivity index (χ1n) is 6.65. The zero-order valence-electron chi connectivity index (χ0n) is 11.6. The van der Waals surface area contributed by atoms with E-state index in [1.165, 1.54) is 0 Å². The van der Waals surface area contributed by atoms with Crippen molar-refractivity contribution in [3.8, 4) is 5.75 Å². The van der Waals surface area contributed by atoms with E-state index in [-0.39, 0.29) is 5.78 Å². The summed E-state index contributed by atoms with van der Waals surface area (Å²) in [5.74, 6) is 0.756. The molecule has 0 aliphatic rings. The number of para-hydroxylation sites is 1. The third-order valence-electron chi connectivity index (χ3n) is 3.27. The van der Waals surface area contributed by atoms with Gasteiger partial charge >= 0.3 is 0 Å². The lowest BCUT2D eigenvalue weighted by Crippen LogP contribution is -2.34. The summed E-state index contributed by atoms with van der Waals surface area (Å²) in [5.41, 5.74) is 7.95. The molecular weight excluding hydrogens is 250 g/mol. The van der Waals surface area contributed by atoms with E-state index in [1.54, 1.807) is 7.11 Å². The zero-order valence-corrected chi connectivity index (χ0v) is 11.6. The Bertz CT molecular complexity index is 566. The van der Waals surface area contributed by atoms with Crippen LogP contribution in [0.5, 0.6) is 5.75 Å². The topological polar surface area (TPSA) is 52.3 Å². The maximum absolute atomic E-state index is 12.2. The quantitative estimate of drug-likeness (QED) is 0.876. The molecular formula is C17H19NO2. The Morgan fingerprint density at radius 2 is 1.75 bits per heavy atom. The van der Waals surface area contributed by atoms with Crippen molar-refractivity contribution in [2.75, 3.05) is 7.11 Å². The zero-order chi connectivity index (χ0) is 14.4. The molecule has 0 bridgehead atoms. The molecule has 0 aliphatic heterocycles. The molecule has 0 heterocycles. The van der Waals surface area contributed by atoms with Gasteiger partial charge in [-0.05, 0) is 18.1 Å². The molecule has 1 unspecified atom stereocenters. The third-order valence-corrected chi connectivity index (χ3v) is 3.27. The molecule has 0 aliphatic carbocycles. The van der Waals surface area contributed by atoms with E-state index in [0.29, 0.717) is 12.8 Å². The fourth-order valence-corrected chi connectivity index (χ4v) is 2.15. The minimum absolute atomic E-state index is 0.0263. The van der Waals surface area contributed by atoms with Gasteiger partial charge < -0.3 is 10.5 Å². The Kier molecular flexibility index (Phi) is 4.91. The number of ketones is 1. The van der Waals surface area contributed by atoms with Crippen molar-refractivity contribution in [2.45, 2.75) is 18.9 Å². The van der Waals surface area contributed by atoms with Crippen LogP contribution in [0.25, 0.3) is 0 Å². The van der Waals surface area contributed by atoms with Gasteiger partial charge in [0.15, 0.2) is 5.78 Å². The number of nitrogens with two attached hydrogens (primary N) is 1. The van der Waals surface area contributed by atoms with Crippen molar-refractivity contribution in [3.63, 3.8) is 0 Å². The van der Waals surface area contributed by atoms with Gasteiger partial charge in [0, 0.05) is 12.0 Å². The predicted molar refractivity (Wildman–Crippen MR) is 79.8 cm³/mol. The molecule has 0 saturated carbocycles. The normalized spacial score (nSPS) is 11.9. The molecule has 1 atom stereocenters. The van der Waals surface area contributed by atoms with E-state index in [4.69, 9.17) is 10.5 Å². The summed E-state index contributed by atoms with van der Waals surface area (Å²) in [7, 11) is 1.60. The van der Waals surface area contributed by atoms with Crippen LogP contribution in [-0.2, 0) is 17.6 Å². The molecule has 3 heteroatoms. The van der Waals surface area contributed by atoms with Crippen molar-refractivity contribution in [1.29, 1.82) is 0 Å². The van der Waals surface area contributed by atoms with Crippen molar-refractivity contribution in [3.05, 3.63) is 65.7 Å². The summed E-state index contributed by atoms with van der Waals surface area (Å²) < 4.78 is 5.25.